The minimum absolute atomic E-state index is 0.0364. The number of nitrogens with zero attached hydrogens (tertiary/aromatic N) is 2. The molecule has 0 unspecified atom stereocenters. The number of hydrogen-bond acceptors (Lipinski definition) is 5. The maximum Gasteiger partial charge on any atom is 0.460 e. The highest BCUT2D eigenvalue weighted by molar-refractivity contribution is 6.30. The number of aryl methyl sites for hydroxylation is 1. The van der Waals surface area contributed by atoms with Crippen molar-refractivity contribution in [3.05, 3.63) is 46.0 Å². The zero-order chi connectivity index (χ0) is 25.5. The zero-order valence-electron chi connectivity index (χ0n) is 17.0. The van der Waals surface area contributed by atoms with E-state index in [1.807, 2.05) is 0 Å². The van der Waals surface area contributed by atoms with Gasteiger partial charge in [-0.1, -0.05) is 11.6 Å². The highest BCUT2D eigenvalue weighted by atomic mass is 35.5. The van der Waals surface area contributed by atoms with Crippen molar-refractivity contribution in [1.82, 2.24) is 10.4 Å². The smallest absolute Gasteiger partial charge is 0.455 e. The second kappa shape index (κ2) is 8.89. The Bertz CT molecular complexity index is 1140. The molecule has 1 aliphatic rings. The van der Waals surface area contributed by atoms with Crippen LogP contribution in [0.4, 0.5) is 36.6 Å². The van der Waals surface area contributed by atoms with Crippen molar-refractivity contribution in [3.63, 3.8) is 0 Å². The Labute approximate surface area is 191 Å². The Balaban J connectivity index is 1.85. The molecule has 0 bridgehead atoms. The van der Waals surface area contributed by atoms with E-state index in [2.05, 4.69) is 15.4 Å². The molecule has 2 aromatic heterocycles. The number of amides is 2. The standard InChI is InChI=1S/C19H14ClF7N4O3/c1-8-13-10(30-31-16(33)17(21,22)18(23,24)19(25,26)27)3-2-4-11(13)34-14(8)15(32)29-12-6-5-9(20)7-28-12/h5-7H,2-4H2,1H3,(H,31,33)(H,28,29,32)/b30-10+. The van der Waals surface area contributed by atoms with Gasteiger partial charge in [0.15, 0.2) is 5.76 Å². The molecule has 2 amide bonds. The number of hydrazone groups is 1. The zero-order valence-corrected chi connectivity index (χ0v) is 17.8. The van der Waals surface area contributed by atoms with E-state index in [0.29, 0.717) is 11.4 Å². The van der Waals surface area contributed by atoms with Crippen molar-refractivity contribution in [2.75, 3.05) is 5.32 Å². The third-order valence-corrected chi connectivity index (χ3v) is 5.05. The van der Waals surface area contributed by atoms with Crippen LogP contribution >= 0.6 is 11.6 Å². The molecular formula is C19H14ClF7N4O3. The number of fused-ring (bicyclic) bond motifs is 1. The van der Waals surface area contributed by atoms with Crippen LogP contribution in [0.1, 0.15) is 40.3 Å². The lowest BCUT2D eigenvalue weighted by molar-refractivity contribution is -0.344. The Kier molecular flexibility index (Phi) is 6.66. The number of anilines is 1. The number of nitrogens with one attached hydrogen (secondary N) is 2. The number of pyridine rings is 1. The van der Waals surface area contributed by atoms with Gasteiger partial charge in [-0.3, -0.25) is 9.59 Å². The molecule has 2 N–H and O–H groups in total. The fourth-order valence-electron chi connectivity index (χ4n) is 3.13. The van der Waals surface area contributed by atoms with Crippen LogP contribution < -0.4 is 10.7 Å². The molecule has 15 heteroatoms. The second-order valence-corrected chi connectivity index (χ2v) is 7.61. The molecule has 34 heavy (non-hydrogen) atoms. The van der Waals surface area contributed by atoms with Gasteiger partial charge in [-0.15, -0.1) is 0 Å². The maximum atomic E-state index is 13.5. The fraction of sp³-hybridized carbons (Fsp3) is 0.368. The van der Waals surface area contributed by atoms with E-state index in [-0.39, 0.29) is 47.0 Å². The van der Waals surface area contributed by atoms with Gasteiger partial charge in [0.1, 0.15) is 11.6 Å². The van der Waals surface area contributed by atoms with E-state index in [1.165, 1.54) is 25.3 Å². The molecular weight excluding hydrogens is 501 g/mol. The van der Waals surface area contributed by atoms with Crippen LogP contribution in [0.2, 0.25) is 5.02 Å². The SMILES string of the molecule is Cc1c(C(=O)Nc2ccc(Cl)cn2)oc2c1/C(=N/NC(=O)C(F)(F)C(F)(F)C(F)(F)F)CCC2. The van der Waals surface area contributed by atoms with Crippen LogP contribution in [0.25, 0.3) is 0 Å². The number of halogens is 8. The summed E-state index contributed by atoms with van der Waals surface area (Å²) in [7, 11) is 0. The summed E-state index contributed by atoms with van der Waals surface area (Å²) in [6.45, 7) is 1.42. The predicted molar refractivity (Wildman–Crippen MR) is 104 cm³/mol. The first-order chi connectivity index (χ1) is 15.7. The van der Waals surface area contributed by atoms with Crippen LogP contribution in [0.15, 0.2) is 27.8 Å². The van der Waals surface area contributed by atoms with Gasteiger partial charge in [0.05, 0.1) is 10.7 Å². The highest BCUT2D eigenvalue weighted by Gasteiger charge is 2.76. The van der Waals surface area contributed by atoms with Crippen LogP contribution in [0.5, 0.6) is 0 Å². The molecule has 0 spiro atoms. The number of rotatable bonds is 5. The Hall–Kier alpha value is -3.16. The molecule has 0 aliphatic heterocycles. The molecule has 0 saturated carbocycles. The predicted octanol–water partition coefficient (Wildman–Crippen LogP) is 4.88. The van der Waals surface area contributed by atoms with Crippen molar-refractivity contribution in [2.24, 2.45) is 5.10 Å². The molecule has 0 radical (unpaired) electrons. The number of aromatic nitrogens is 1. The van der Waals surface area contributed by atoms with E-state index in [9.17, 15) is 40.3 Å². The van der Waals surface area contributed by atoms with Gasteiger partial charge in [0, 0.05) is 23.7 Å². The molecule has 2 heterocycles. The van der Waals surface area contributed by atoms with Crippen molar-refractivity contribution in [3.8, 4) is 0 Å². The van der Waals surface area contributed by atoms with E-state index < -0.39 is 29.8 Å². The second-order valence-electron chi connectivity index (χ2n) is 7.17. The molecule has 0 saturated heterocycles. The molecule has 0 aromatic carbocycles. The van der Waals surface area contributed by atoms with E-state index >= 15 is 0 Å². The summed E-state index contributed by atoms with van der Waals surface area (Å²) in [5, 5.41) is 6.10. The lowest BCUT2D eigenvalue weighted by Gasteiger charge is -2.26. The third kappa shape index (κ3) is 4.58. The highest BCUT2D eigenvalue weighted by Crippen LogP contribution is 2.46. The van der Waals surface area contributed by atoms with E-state index in [1.54, 1.807) is 0 Å². The normalized spacial score (nSPS) is 15.7. The first-order valence-electron chi connectivity index (χ1n) is 9.41. The average Bonchev–Trinajstić information content (AvgIpc) is 3.10. The van der Waals surface area contributed by atoms with E-state index in [4.69, 9.17) is 16.0 Å². The number of carbonyl (C=O) groups is 2. The summed E-state index contributed by atoms with van der Waals surface area (Å²) in [5.41, 5.74) is 1.27. The first kappa shape index (κ1) is 25.5. The van der Waals surface area contributed by atoms with Crippen molar-refractivity contribution < 1.29 is 44.7 Å². The Morgan fingerprint density at radius 2 is 1.79 bits per heavy atom. The summed E-state index contributed by atoms with van der Waals surface area (Å²) in [4.78, 5) is 27.9. The molecule has 2 aromatic rings. The lowest BCUT2D eigenvalue weighted by atomic mass is 9.93. The molecule has 0 atom stereocenters. The van der Waals surface area contributed by atoms with Gasteiger partial charge < -0.3 is 9.73 Å². The average molecular weight is 515 g/mol. The summed E-state index contributed by atoms with van der Waals surface area (Å²) < 4.78 is 95.5. The minimum atomic E-state index is -6.67. The first-order valence-corrected chi connectivity index (χ1v) is 9.79. The number of hydrogen-bond donors (Lipinski definition) is 2. The summed E-state index contributed by atoms with van der Waals surface area (Å²) >= 11 is 5.72. The monoisotopic (exact) mass is 514 g/mol. The molecule has 184 valence electrons. The number of alkyl halides is 7. The number of carbonyl (C=O) groups excluding carboxylic acids is 2. The van der Waals surface area contributed by atoms with Crippen LogP contribution in [-0.2, 0) is 11.2 Å². The summed E-state index contributed by atoms with van der Waals surface area (Å²) in [6.07, 6.45) is -4.75. The topological polar surface area (TPSA) is 96.6 Å². The number of furan rings is 1. The summed E-state index contributed by atoms with van der Waals surface area (Å²) in [6, 6.07) is 2.88. The van der Waals surface area contributed by atoms with E-state index in [0.717, 1.165) is 5.43 Å². The minimum Gasteiger partial charge on any atom is -0.455 e. The van der Waals surface area contributed by atoms with Gasteiger partial charge in [-0.05, 0) is 31.9 Å². The van der Waals surface area contributed by atoms with Crippen LogP contribution in [0, 0.1) is 6.92 Å². The van der Waals surface area contributed by atoms with Crippen molar-refractivity contribution in [2.45, 2.75) is 44.2 Å². The molecule has 7 nitrogen and oxygen atoms in total. The largest absolute Gasteiger partial charge is 0.460 e. The van der Waals surface area contributed by atoms with Gasteiger partial charge in [0.25, 0.3) is 5.91 Å². The van der Waals surface area contributed by atoms with Crippen molar-refractivity contribution >= 4 is 34.9 Å². The van der Waals surface area contributed by atoms with Gasteiger partial charge in [0.2, 0.25) is 0 Å². The molecule has 0 fully saturated rings. The Morgan fingerprint density at radius 3 is 2.38 bits per heavy atom. The van der Waals surface area contributed by atoms with Gasteiger partial charge in [-0.2, -0.15) is 35.8 Å². The molecule has 3 rings (SSSR count). The van der Waals surface area contributed by atoms with Gasteiger partial charge >= 0.3 is 23.9 Å². The van der Waals surface area contributed by atoms with Crippen LogP contribution in [0.3, 0.4) is 0 Å². The Morgan fingerprint density at radius 1 is 1.12 bits per heavy atom. The molecule has 1 aliphatic carbocycles. The third-order valence-electron chi connectivity index (χ3n) is 4.83. The quantitative estimate of drug-likeness (QED) is 0.439. The fourth-order valence-corrected chi connectivity index (χ4v) is 3.24. The van der Waals surface area contributed by atoms with Crippen LogP contribution in [-0.4, -0.2) is 40.5 Å². The summed E-state index contributed by atoms with van der Waals surface area (Å²) in [5.74, 6) is -16.3. The van der Waals surface area contributed by atoms with Gasteiger partial charge in [-0.25, -0.2) is 10.4 Å². The lowest BCUT2D eigenvalue weighted by Crippen LogP contribution is -2.58. The maximum absolute atomic E-state index is 13.5. The van der Waals surface area contributed by atoms with Crippen molar-refractivity contribution in [1.29, 1.82) is 0 Å².